The molecule has 2 heterocycles. The van der Waals surface area contributed by atoms with Crippen LogP contribution in [0.15, 0.2) is 48.7 Å². The molecule has 0 amide bonds. The third-order valence-electron chi connectivity index (χ3n) is 5.10. The van der Waals surface area contributed by atoms with Gasteiger partial charge in [0.2, 0.25) is 0 Å². The number of para-hydroxylation sites is 1. The van der Waals surface area contributed by atoms with Crippen molar-refractivity contribution in [2.75, 3.05) is 5.32 Å². The molecule has 0 aliphatic carbocycles. The Morgan fingerprint density at radius 2 is 1.79 bits per heavy atom. The minimum Gasteiger partial charge on any atom is -0.488 e. The van der Waals surface area contributed by atoms with E-state index in [1.165, 1.54) is 24.3 Å². The Bertz CT molecular complexity index is 1130. The molecule has 3 N–H and O–H groups in total. The van der Waals surface area contributed by atoms with Gasteiger partial charge in [-0.15, -0.1) is 13.2 Å². The van der Waals surface area contributed by atoms with Gasteiger partial charge in [-0.25, -0.2) is 0 Å². The predicted octanol–water partition coefficient (Wildman–Crippen LogP) is 5.17. The van der Waals surface area contributed by atoms with E-state index in [1.807, 2.05) is 0 Å². The Morgan fingerprint density at radius 1 is 1.03 bits per heavy atom. The van der Waals surface area contributed by atoms with E-state index >= 15 is 0 Å². The van der Waals surface area contributed by atoms with Crippen LogP contribution in [0.25, 0.3) is 0 Å². The number of anilines is 1. The van der Waals surface area contributed by atoms with Gasteiger partial charge in [0.15, 0.2) is 5.82 Å². The lowest BCUT2D eigenvalue weighted by Crippen LogP contribution is -2.28. The monoisotopic (exact) mass is 473 g/mol. The summed E-state index contributed by atoms with van der Waals surface area (Å²) in [6.07, 6.45) is -8.98. The molecule has 0 spiro atoms. The van der Waals surface area contributed by atoms with Gasteiger partial charge in [-0.1, -0.05) is 24.3 Å². The number of aliphatic hydroxyl groups excluding tert-OH is 1. The summed E-state index contributed by atoms with van der Waals surface area (Å²) in [5.41, 5.74) is -0.107. The molecule has 2 aromatic carbocycles. The van der Waals surface area contributed by atoms with Crippen molar-refractivity contribution < 1.29 is 40.9 Å². The van der Waals surface area contributed by atoms with Crippen LogP contribution in [0.2, 0.25) is 0 Å². The molecule has 2 atom stereocenters. The fourth-order valence-corrected chi connectivity index (χ4v) is 3.67. The maximum Gasteiger partial charge on any atom is 0.573 e. The van der Waals surface area contributed by atoms with Crippen molar-refractivity contribution in [2.45, 2.75) is 37.7 Å². The molecule has 3 aromatic rings. The maximum atomic E-state index is 13.2. The van der Waals surface area contributed by atoms with E-state index in [0.717, 1.165) is 18.2 Å². The minimum absolute atomic E-state index is 0.102. The number of hydrogen-bond donors (Lipinski definition) is 3. The zero-order chi connectivity index (χ0) is 23.8. The summed E-state index contributed by atoms with van der Waals surface area (Å²) in [5, 5.41) is 19.4. The molecular weight excluding hydrogens is 456 g/mol. The van der Waals surface area contributed by atoms with Crippen LogP contribution < -0.4 is 14.8 Å². The number of benzene rings is 2. The van der Waals surface area contributed by atoms with Crippen LogP contribution >= 0.6 is 0 Å². The predicted molar refractivity (Wildman–Crippen MR) is 104 cm³/mol. The quantitative estimate of drug-likeness (QED) is 0.446. The SMILES string of the molecule is OC1CC(c2ccc(COc3ccccc3C(F)(F)F)c(OC(F)(F)F)c2)c2c[nH]nc2N1. The average Bonchev–Trinajstić information content (AvgIpc) is 3.19. The van der Waals surface area contributed by atoms with Gasteiger partial charge in [0.25, 0.3) is 0 Å². The van der Waals surface area contributed by atoms with Gasteiger partial charge in [-0.3, -0.25) is 5.10 Å². The van der Waals surface area contributed by atoms with Crippen molar-refractivity contribution in [1.29, 1.82) is 0 Å². The maximum absolute atomic E-state index is 13.2. The number of hydrogen-bond acceptors (Lipinski definition) is 5. The van der Waals surface area contributed by atoms with Crippen molar-refractivity contribution in [2.24, 2.45) is 0 Å². The molecule has 0 saturated heterocycles. The summed E-state index contributed by atoms with van der Waals surface area (Å²) >= 11 is 0. The van der Waals surface area contributed by atoms with Crippen molar-refractivity contribution in [3.63, 3.8) is 0 Å². The molecule has 0 bridgehead atoms. The molecule has 0 fully saturated rings. The highest BCUT2D eigenvalue weighted by atomic mass is 19.4. The fourth-order valence-electron chi connectivity index (χ4n) is 3.67. The van der Waals surface area contributed by atoms with E-state index in [2.05, 4.69) is 20.3 Å². The third kappa shape index (κ3) is 5.16. The zero-order valence-electron chi connectivity index (χ0n) is 16.7. The number of ether oxygens (including phenoxy) is 2. The van der Waals surface area contributed by atoms with Gasteiger partial charge < -0.3 is 19.9 Å². The second-order valence-electron chi connectivity index (χ2n) is 7.34. The Kier molecular flexibility index (Phi) is 5.87. The molecule has 33 heavy (non-hydrogen) atoms. The second-order valence-corrected chi connectivity index (χ2v) is 7.34. The van der Waals surface area contributed by atoms with Crippen LogP contribution in [0, 0.1) is 0 Å². The van der Waals surface area contributed by atoms with E-state index in [0.29, 0.717) is 16.9 Å². The van der Waals surface area contributed by atoms with Crippen LogP contribution in [0.3, 0.4) is 0 Å². The van der Waals surface area contributed by atoms with Crippen LogP contribution in [0.4, 0.5) is 32.2 Å². The number of aromatic amines is 1. The molecule has 1 aromatic heterocycles. The smallest absolute Gasteiger partial charge is 0.488 e. The van der Waals surface area contributed by atoms with Crippen LogP contribution in [-0.4, -0.2) is 27.9 Å². The standard InChI is InChI=1S/C21H17F6N3O3/c22-20(23,24)15-3-1-2-4-16(15)32-10-12-6-5-11(7-17(12)33-21(25,26)27)13-8-18(31)29-19-14(13)9-28-30-19/h1-7,9,13,18,31H,8,10H2,(H2,28,29,30). The molecule has 1 aliphatic rings. The van der Waals surface area contributed by atoms with E-state index in [4.69, 9.17) is 4.74 Å². The van der Waals surface area contributed by atoms with E-state index in [9.17, 15) is 31.4 Å². The summed E-state index contributed by atoms with van der Waals surface area (Å²) < 4.78 is 88.0. The normalized spacial score (nSPS) is 18.4. The van der Waals surface area contributed by atoms with Crippen molar-refractivity contribution >= 4 is 5.82 Å². The number of halogens is 6. The molecule has 0 saturated carbocycles. The van der Waals surface area contributed by atoms with Gasteiger partial charge in [0.05, 0.1) is 5.56 Å². The second kappa shape index (κ2) is 8.50. The first-order chi connectivity index (χ1) is 15.5. The molecule has 12 heteroatoms. The largest absolute Gasteiger partial charge is 0.573 e. The summed E-state index contributed by atoms with van der Waals surface area (Å²) in [4.78, 5) is 0. The molecular formula is C21H17F6N3O3. The lowest BCUT2D eigenvalue weighted by molar-refractivity contribution is -0.275. The molecule has 1 aliphatic heterocycles. The number of nitrogens with one attached hydrogen (secondary N) is 2. The first-order valence-electron chi connectivity index (χ1n) is 9.67. The number of H-pyrrole nitrogens is 1. The highest BCUT2D eigenvalue weighted by Gasteiger charge is 2.35. The summed E-state index contributed by atoms with van der Waals surface area (Å²) in [6.45, 7) is -0.593. The van der Waals surface area contributed by atoms with Crippen molar-refractivity contribution in [3.8, 4) is 11.5 Å². The average molecular weight is 473 g/mol. The van der Waals surface area contributed by atoms with E-state index < -0.39 is 48.4 Å². The lowest BCUT2D eigenvalue weighted by atomic mass is 9.86. The van der Waals surface area contributed by atoms with Crippen molar-refractivity contribution in [3.05, 3.63) is 70.9 Å². The van der Waals surface area contributed by atoms with E-state index in [-0.39, 0.29) is 12.0 Å². The lowest BCUT2D eigenvalue weighted by Gasteiger charge is -2.28. The van der Waals surface area contributed by atoms with Gasteiger partial charge in [0.1, 0.15) is 24.3 Å². The Labute approximate surface area is 183 Å². The Hall–Kier alpha value is -3.41. The first kappa shape index (κ1) is 22.8. The van der Waals surface area contributed by atoms with Gasteiger partial charge >= 0.3 is 12.5 Å². The van der Waals surface area contributed by atoms with Gasteiger partial charge in [-0.05, 0) is 23.8 Å². The summed E-state index contributed by atoms with van der Waals surface area (Å²) in [7, 11) is 0. The van der Waals surface area contributed by atoms with Gasteiger partial charge in [-0.2, -0.15) is 18.3 Å². The number of fused-ring (bicyclic) bond motifs is 1. The van der Waals surface area contributed by atoms with Crippen LogP contribution in [0.5, 0.6) is 11.5 Å². The fraction of sp³-hybridized carbons (Fsp3) is 0.286. The van der Waals surface area contributed by atoms with E-state index in [1.54, 1.807) is 6.20 Å². The molecule has 6 nitrogen and oxygen atoms in total. The zero-order valence-corrected chi connectivity index (χ0v) is 16.7. The number of rotatable bonds is 5. The highest BCUT2D eigenvalue weighted by molar-refractivity contribution is 5.53. The molecule has 176 valence electrons. The summed E-state index contributed by atoms with van der Waals surface area (Å²) in [5.74, 6) is -1.25. The molecule has 0 radical (unpaired) electrons. The number of aromatic nitrogens is 2. The third-order valence-corrected chi connectivity index (χ3v) is 5.10. The summed E-state index contributed by atoms with van der Waals surface area (Å²) in [6, 6.07) is 8.35. The first-order valence-corrected chi connectivity index (χ1v) is 9.67. The minimum atomic E-state index is -5.04. The van der Waals surface area contributed by atoms with Crippen LogP contribution in [-0.2, 0) is 12.8 Å². The topological polar surface area (TPSA) is 79.4 Å². The van der Waals surface area contributed by atoms with Gasteiger partial charge in [0, 0.05) is 29.7 Å². The number of aliphatic hydroxyl groups is 1. The van der Waals surface area contributed by atoms with Crippen LogP contribution in [0.1, 0.15) is 34.6 Å². The Balaban J connectivity index is 1.65. The number of alkyl halides is 6. The van der Waals surface area contributed by atoms with Crippen molar-refractivity contribution in [1.82, 2.24) is 10.2 Å². The molecule has 2 unspecified atom stereocenters. The highest BCUT2D eigenvalue weighted by Crippen LogP contribution is 2.40. The Morgan fingerprint density at radius 3 is 2.52 bits per heavy atom. The molecule has 4 rings (SSSR count). The number of nitrogens with zero attached hydrogens (tertiary/aromatic N) is 1.